The Morgan fingerprint density at radius 3 is 2.67 bits per heavy atom. The zero-order valence-corrected chi connectivity index (χ0v) is 17.2. The molecule has 0 amide bonds. The lowest BCUT2D eigenvalue weighted by Gasteiger charge is -2.22. The Bertz CT molecular complexity index is 1560. The standard InChI is InChI=1S/C22H16F3N7O/c1-2-13(30-20-18-19(27-9-26-18)28-10-29-20)21-31-14-7-3-5-11(23)16(14)22(33)32(21)15-8-4-6-12(24)17(15)25/h3-10,13H,2H2,1H3,(H2,26,27,28,29,30)/t13-/m1/s1. The zero-order chi connectivity index (χ0) is 23.1. The molecule has 0 aliphatic carbocycles. The lowest BCUT2D eigenvalue weighted by Crippen LogP contribution is -2.29. The van der Waals surface area contributed by atoms with Gasteiger partial charge < -0.3 is 10.3 Å². The van der Waals surface area contributed by atoms with Gasteiger partial charge in [-0.15, -0.1) is 0 Å². The molecule has 0 saturated carbocycles. The summed E-state index contributed by atoms with van der Waals surface area (Å²) in [4.78, 5) is 33.2. The molecule has 3 aromatic heterocycles. The maximum absolute atomic E-state index is 14.8. The first-order valence-corrected chi connectivity index (χ1v) is 10.1. The van der Waals surface area contributed by atoms with Crippen LogP contribution in [0.5, 0.6) is 0 Å². The first kappa shape index (κ1) is 20.6. The van der Waals surface area contributed by atoms with E-state index in [0.29, 0.717) is 23.4 Å². The lowest BCUT2D eigenvalue weighted by molar-refractivity contribution is 0.500. The number of nitrogens with zero attached hydrogens (tertiary/aromatic N) is 5. The fourth-order valence-electron chi connectivity index (χ4n) is 3.72. The molecule has 0 unspecified atom stereocenters. The molecule has 5 rings (SSSR count). The van der Waals surface area contributed by atoms with Gasteiger partial charge in [-0.2, -0.15) is 0 Å². The second-order valence-corrected chi connectivity index (χ2v) is 7.24. The van der Waals surface area contributed by atoms with Gasteiger partial charge >= 0.3 is 0 Å². The smallest absolute Gasteiger partial charge is 0.269 e. The minimum Gasteiger partial charge on any atom is -0.358 e. The van der Waals surface area contributed by atoms with E-state index >= 15 is 0 Å². The SMILES string of the molecule is CC[C@@H](Nc1ncnc2[nH]cnc12)c1nc2cccc(F)c2c(=O)n1-c1cccc(F)c1F. The first-order valence-electron chi connectivity index (χ1n) is 10.1. The van der Waals surface area contributed by atoms with Crippen LogP contribution < -0.4 is 10.9 Å². The highest BCUT2D eigenvalue weighted by Gasteiger charge is 2.25. The quantitative estimate of drug-likeness (QED) is 0.418. The Morgan fingerprint density at radius 1 is 1.06 bits per heavy atom. The number of benzene rings is 2. The third-order valence-electron chi connectivity index (χ3n) is 5.29. The molecule has 0 aliphatic heterocycles. The highest BCUT2D eigenvalue weighted by Crippen LogP contribution is 2.27. The van der Waals surface area contributed by atoms with Crippen LogP contribution in [0.25, 0.3) is 27.8 Å². The van der Waals surface area contributed by atoms with Gasteiger partial charge in [-0.25, -0.2) is 33.1 Å². The van der Waals surface area contributed by atoms with E-state index in [1.807, 2.05) is 6.92 Å². The van der Waals surface area contributed by atoms with Crippen LogP contribution in [0.1, 0.15) is 25.2 Å². The molecule has 0 radical (unpaired) electrons. The molecule has 0 spiro atoms. The molecular weight excluding hydrogens is 435 g/mol. The molecule has 3 heterocycles. The first-order chi connectivity index (χ1) is 16.0. The minimum atomic E-state index is -1.25. The average Bonchev–Trinajstić information content (AvgIpc) is 3.29. The maximum atomic E-state index is 14.8. The molecule has 33 heavy (non-hydrogen) atoms. The maximum Gasteiger partial charge on any atom is 0.269 e. The van der Waals surface area contributed by atoms with E-state index in [1.165, 1.54) is 36.9 Å². The summed E-state index contributed by atoms with van der Waals surface area (Å²) in [6, 6.07) is 6.77. The largest absolute Gasteiger partial charge is 0.358 e. The van der Waals surface area contributed by atoms with Crippen molar-refractivity contribution in [2.24, 2.45) is 0 Å². The third-order valence-corrected chi connectivity index (χ3v) is 5.29. The van der Waals surface area contributed by atoms with Crippen LogP contribution >= 0.6 is 0 Å². The monoisotopic (exact) mass is 451 g/mol. The van der Waals surface area contributed by atoms with Crippen LogP contribution in [0.3, 0.4) is 0 Å². The van der Waals surface area contributed by atoms with Crippen molar-refractivity contribution in [2.45, 2.75) is 19.4 Å². The number of nitrogens with one attached hydrogen (secondary N) is 2. The Labute approximate surface area is 184 Å². The highest BCUT2D eigenvalue weighted by atomic mass is 19.2. The van der Waals surface area contributed by atoms with Gasteiger partial charge in [0.25, 0.3) is 5.56 Å². The number of aromatic nitrogens is 6. The topological polar surface area (TPSA) is 101 Å². The molecule has 0 bridgehead atoms. The summed E-state index contributed by atoms with van der Waals surface area (Å²) in [6.07, 6.45) is 3.17. The van der Waals surface area contributed by atoms with Crippen molar-refractivity contribution >= 4 is 27.9 Å². The van der Waals surface area contributed by atoms with E-state index in [4.69, 9.17) is 0 Å². The molecule has 8 nitrogen and oxygen atoms in total. The van der Waals surface area contributed by atoms with E-state index in [9.17, 15) is 18.0 Å². The van der Waals surface area contributed by atoms with Gasteiger partial charge in [0.05, 0.1) is 23.6 Å². The molecule has 1 atom stereocenters. The van der Waals surface area contributed by atoms with Crippen molar-refractivity contribution in [3.8, 4) is 5.69 Å². The van der Waals surface area contributed by atoms with E-state index < -0.39 is 29.1 Å². The van der Waals surface area contributed by atoms with Crippen LogP contribution in [0, 0.1) is 17.5 Å². The van der Waals surface area contributed by atoms with Gasteiger partial charge in [-0.05, 0) is 30.7 Å². The molecule has 5 aromatic rings. The summed E-state index contributed by atoms with van der Waals surface area (Å²) in [5.74, 6) is -2.78. The lowest BCUT2D eigenvalue weighted by atomic mass is 10.1. The van der Waals surface area contributed by atoms with Crippen molar-refractivity contribution in [1.29, 1.82) is 0 Å². The van der Waals surface area contributed by atoms with Crippen molar-refractivity contribution in [1.82, 2.24) is 29.5 Å². The number of fused-ring (bicyclic) bond motifs is 2. The molecule has 0 aliphatic rings. The molecule has 11 heteroatoms. The fraction of sp³-hybridized carbons (Fsp3) is 0.136. The molecule has 2 aromatic carbocycles. The number of hydrogen-bond donors (Lipinski definition) is 2. The molecule has 166 valence electrons. The van der Waals surface area contributed by atoms with Crippen LogP contribution in [0.4, 0.5) is 19.0 Å². The summed E-state index contributed by atoms with van der Waals surface area (Å²) in [6.45, 7) is 1.81. The summed E-state index contributed by atoms with van der Waals surface area (Å²) in [5, 5.41) is 2.84. The number of H-pyrrole nitrogens is 1. The number of anilines is 1. The normalized spacial score (nSPS) is 12.4. The van der Waals surface area contributed by atoms with Crippen molar-refractivity contribution in [3.05, 3.63) is 82.7 Å². The molecular formula is C22H16F3N7O. The molecule has 0 fully saturated rings. The average molecular weight is 451 g/mol. The van der Waals surface area contributed by atoms with Crippen LogP contribution in [-0.2, 0) is 0 Å². The van der Waals surface area contributed by atoms with Gasteiger partial charge in [0.2, 0.25) is 0 Å². The van der Waals surface area contributed by atoms with E-state index in [-0.39, 0.29) is 22.4 Å². The summed E-state index contributed by atoms with van der Waals surface area (Å²) in [5.41, 5.74) is -0.194. The van der Waals surface area contributed by atoms with Gasteiger partial charge in [0.15, 0.2) is 23.1 Å². The van der Waals surface area contributed by atoms with Crippen LogP contribution in [0.2, 0.25) is 0 Å². The van der Waals surface area contributed by atoms with Crippen molar-refractivity contribution in [2.75, 3.05) is 5.32 Å². The minimum absolute atomic E-state index is 0.0624. The number of halogens is 3. The predicted octanol–water partition coefficient (Wildman–Crippen LogP) is 4.03. The summed E-state index contributed by atoms with van der Waals surface area (Å²) >= 11 is 0. The van der Waals surface area contributed by atoms with Crippen molar-refractivity contribution in [3.63, 3.8) is 0 Å². The summed E-state index contributed by atoms with van der Waals surface area (Å²) in [7, 11) is 0. The van der Waals surface area contributed by atoms with E-state index in [1.54, 1.807) is 0 Å². The van der Waals surface area contributed by atoms with Crippen LogP contribution in [-0.4, -0.2) is 29.5 Å². The van der Waals surface area contributed by atoms with Gasteiger partial charge in [-0.3, -0.25) is 9.36 Å². The number of hydrogen-bond acceptors (Lipinski definition) is 6. The Kier molecular flexibility index (Phi) is 5.00. The van der Waals surface area contributed by atoms with Gasteiger partial charge in [0, 0.05) is 0 Å². The number of imidazole rings is 1. The third kappa shape index (κ3) is 3.37. The molecule has 2 N–H and O–H groups in total. The van der Waals surface area contributed by atoms with Gasteiger partial charge in [0.1, 0.15) is 28.9 Å². The zero-order valence-electron chi connectivity index (χ0n) is 17.2. The Balaban J connectivity index is 1.78. The van der Waals surface area contributed by atoms with Crippen LogP contribution in [0.15, 0.2) is 53.8 Å². The number of rotatable bonds is 5. The predicted molar refractivity (Wildman–Crippen MR) is 116 cm³/mol. The number of aromatic amines is 1. The van der Waals surface area contributed by atoms with Gasteiger partial charge in [-0.1, -0.05) is 19.1 Å². The summed E-state index contributed by atoms with van der Waals surface area (Å²) < 4.78 is 44.3. The fourth-order valence-corrected chi connectivity index (χ4v) is 3.72. The Hall–Kier alpha value is -4.28. The van der Waals surface area contributed by atoms with E-state index in [0.717, 1.165) is 16.7 Å². The molecule has 0 saturated heterocycles. The second kappa shape index (κ2) is 8.01. The van der Waals surface area contributed by atoms with Crippen molar-refractivity contribution < 1.29 is 13.2 Å². The second-order valence-electron chi connectivity index (χ2n) is 7.24. The highest BCUT2D eigenvalue weighted by molar-refractivity contribution is 5.82. The Morgan fingerprint density at radius 2 is 1.85 bits per heavy atom. The van der Waals surface area contributed by atoms with E-state index in [2.05, 4.69) is 30.2 Å².